The molecule has 0 aliphatic rings. The molecule has 16 heteroatoms. The van der Waals surface area contributed by atoms with Gasteiger partial charge in [0.2, 0.25) is 0 Å². The lowest BCUT2D eigenvalue weighted by Gasteiger charge is -2.21. The molecule has 0 fully saturated rings. The average molecular weight is 746 g/mol. The molecule has 5 N–H and O–H groups in total. The van der Waals surface area contributed by atoms with E-state index in [1.807, 2.05) is 24.3 Å². The number of para-hydroxylation sites is 1. The minimum absolute atomic E-state index is 0.0639. The molecule has 268 valence electrons. The summed E-state index contributed by atoms with van der Waals surface area (Å²) in [7, 11) is -8.96. The van der Waals surface area contributed by atoms with Gasteiger partial charge < -0.3 is 20.4 Å². The molecule has 2 amide bonds. The monoisotopic (exact) mass is 745 g/mol. The van der Waals surface area contributed by atoms with Crippen molar-refractivity contribution in [2.24, 2.45) is 0 Å². The summed E-state index contributed by atoms with van der Waals surface area (Å²) >= 11 is 6.31. The van der Waals surface area contributed by atoms with Crippen molar-refractivity contribution >= 4 is 72.3 Å². The molecule has 4 rings (SSSR count). The van der Waals surface area contributed by atoms with Gasteiger partial charge in [0.05, 0.1) is 16.3 Å². The fourth-order valence-electron chi connectivity index (χ4n) is 4.91. The Labute approximate surface area is 297 Å². The third-order valence-electron chi connectivity index (χ3n) is 7.41. The molecular formula is C34H40ClN5O8S2. The number of carbonyl (C=O) groups is 2. The number of sulfonamides is 1. The van der Waals surface area contributed by atoms with Crippen LogP contribution in [0.5, 0.6) is 0 Å². The van der Waals surface area contributed by atoms with Crippen molar-refractivity contribution < 1.29 is 35.5 Å². The lowest BCUT2D eigenvalue weighted by atomic mass is 10.1. The highest BCUT2D eigenvalue weighted by Crippen LogP contribution is 2.28. The number of halogens is 1. The Balaban J connectivity index is 0.00000126. The topological polar surface area (TPSA) is 185 Å². The van der Waals surface area contributed by atoms with Gasteiger partial charge >= 0.3 is 10.4 Å². The molecule has 0 aliphatic carbocycles. The second-order valence-electron chi connectivity index (χ2n) is 10.6. The van der Waals surface area contributed by atoms with Crippen molar-refractivity contribution in [1.82, 2.24) is 0 Å². The minimum Gasteiger partial charge on any atom is -0.372 e. The van der Waals surface area contributed by atoms with Crippen LogP contribution < -0.4 is 25.2 Å². The van der Waals surface area contributed by atoms with Crippen molar-refractivity contribution in [2.75, 3.05) is 51.3 Å². The number of nitrogens with zero attached hydrogens (tertiary/aromatic N) is 2. The molecule has 4 aromatic carbocycles. The van der Waals surface area contributed by atoms with Crippen LogP contribution in [0.15, 0.2) is 95.9 Å². The van der Waals surface area contributed by atoms with Crippen LogP contribution in [0.1, 0.15) is 48.4 Å². The summed E-state index contributed by atoms with van der Waals surface area (Å²) in [6.07, 6.45) is 0. The fraction of sp³-hybridized carbons (Fsp3) is 0.235. The molecule has 0 saturated carbocycles. The maximum atomic E-state index is 13.5. The summed E-state index contributed by atoms with van der Waals surface area (Å²) in [6.45, 7) is 11.7. The van der Waals surface area contributed by atoms with E-state index < -0.39 is 32.2 Å². The number of rotatable bonds is 13. The summed E-state index contributed by atoms with van der Waals surface area (Å²) < 4.78 is 61.1. The van der Waals surface area contributed by atoms with E-state index in [4.69, 9.17) is 29.1 Å². The smallest absolute Gasteiger partial charge is 0.372 e. The van der Waals surface area contributed by atoms with Crippen molar-refractivity contribution in [3.8, 4) is 0 Å². The number of carbonyl (C=O) groups excluding carboxylic acids is 2. The molecule has 50 heavy (non-hydrogen) atoms. The van der Waals surface area contributed by atoms with Gasteiger partial charge in [-0.15, -0.1) is 0 Å². The summed E-state index contributed by atoms with van der Waals surface area (Å²) in [6, 6.07) is 25.1. The van der Waals surface area contributed by atoms with Gasteiger partial charge in [-0.25, -0.2) is 8.42 Å². The molecule has 4 aromatic rings. The highest BCUT2D eigenvalue weighted by molar-refractivity contribution is 7.92. The van der Waals surface area contributed by atoms with Gasteiger partial charge in [0.1, 0.15) is 4.90 Å². The third-order valence-corrected chi connectivity index (χ3v) is 9.25. The molecule has 0 radical (unpaired) electrons. The second kappa shape index (κ2) is 17.8. The molecule has 0 atom stereocenters. The zero-order chi connectivity index (χ0) is 37.1. The number of amides is 2. The van der Waals surface area contributed by atoms with E-state index in [0.29, 0.717) is 11.4 Å². The number of hydrogen-bond donors (Lipinski definition) is 5. The number of benzene rings is 4. The number of nitrogens with one attached hydrogen (secondary N) is 3. The molecule has 0 heterocycles. The number of anilines is 5. The first-order valence-electron chi connectivity index (χ1n) is 15.5. The maximum Gasteiger partial charge on any atom is 0.394 e. The van der Waals surface area contributed by atoms with Crippen molar-refractivity contribution in [2.45, 2.75) is 32.6 Å². The van der Waals surface area contributed by atoms with E-state index in [1.165, 1.54) is 30.3 Å². The molecule has 0 bridgehead atoms. The van der Waals surface area contributed by atoms with Crippen molar-refractivity contribution in [3.63, 3.8) is 0 Å². The van der Waals surface area contributed by atoms with Crippen LogP contribution >= 0.6 is 11.6 Å². The fourth-order valence-corrected chi connectivity index (χ4v) is 6.52. The lowest BCUT2D eigenvalue weighted by molar-refractivity contribution is 0.101. The van der Waals surface area contributed by atoms with Crippen molar-refractivity contribution in [1.29, 1.82) is 0 Å². The maximum absolute atomic E-state index is 13.5. The Morgan fingerprint density at radius 1 is 0.660 bits per heavy atom. The Hall–Kier alpha value is -4.67. The second-order valence-corrected chi connectivity index (χ2v) is 13.5. The predicted octanol–water partition coefficient (Wildman–Crippen LogP) is 6.69. The molecule has 0 unspecified atom stereocenters. The van der Waals surface area contributed by atoms with Gasteiger partial charge in [-0.05, 0) is 107 Å². The third kappa shape index (κ3) is 11.5. The lowest BCUT2D eigenvalue weighted by Crippen LogP contribution is -2.22. The van der Waals surface area contributed by atoms with E-state index in [1.54, 1.807) is 36.4 Å². The summed E-state index contributed by atoms with van der Waals surface area (Å²) in [4.78, 5) is 30.4. The van der Waals surface area contributed by atoms with Gasteiger partial charge in [0, 0.05) is 54.5 Å². The van der Waals surface area contributed by atoms with Crippen LogP contribution in [-0.4, -0.2) is 63.9 Å². The van der Waals surface area contributed by atoms with Crippen molar-refractivity contribution in [3.05, 3.63) is 107 Å². The quantitative estimate of drug-likeness (QED) is 0.0924. The molecule has 0 aromatic heterocycles. The normalized spacial score (nSPS) is 11.1. The van der Waals surface area contributed by atoms with E-state index in [9.17, 15) is 18.0 Å². The van der Waals surface area contributed by atoms with Gasteiger partial charge in [-0.1, -0.05) is 23.7 Å². The first-order chi connectivity index (χ1) is 23.6. The van der Waals surface area contributed by atoms with Crippen LogP contribution in [-0.2, 0) is 20.4 Å². The Kier molecular flexibility index (Phi) is 14.2. The van der Waals surface area contributed by atoms with Crippen LogP contribution in [0.3, 0.4) is 0 Å². The minimum atomic E-state index is -4.67. The highest BCUT2D eigenvalue weighted by atomic mass is 35.5. The Bertz CT molecular complexity index is 1980. The van der Waals surface area contributed by atoms with Crippen LogP contribution in [0.25, 0.3) is 0 Å². The Morgan fingerprint density at radius 3 is 1.56 bits per heavy atom. The van der Waals surface area contributed by atoms with Gasteiger partial charge in [0.15, 0.2) is 0 Å². The van der Waals surface area contributed by atoms with Crippen LogP contribution in [0.2, 0.25) is 5.02 Å². The largest absolute Gasteiger partial charge is 0.394 e. The van der Waals surface area contributed by atoms with E-state index >= 15 is 0 Å². The van der Waals surface area contributed by atoms with Gasteiger partial charge in [0.25, 0.3) is 21.8 Å². The van der Waals surface area contributed by atoms with Crippen LogP contribution in [0, 0.1) is 0 Å². The zero-order valence-electron chi connectivity index (χ0n) is 27.9. The molecule has 13 nitrogen and oxygen atoms in total. The summed E-state index contributed by atoms with van der Waals surface area (Å²) in [5, 5.41) is 5.56. The van der Waals surface area contributed by atoms with E-state index in [-0.39, 0.29) is 26.7 Å². The first kappa shape index (κ1) is 39.8. The molecule has 0 saturated heterocycles. The first-order valence-corrected chi connectivity index (χ1v) is 18.8. The van der Waals surface area contributed by atoms with E-state index in [2.05, 4.69) is 52.9 Å². The molecule has 0 spiro atoms. The molecule has 0 aliphatic heterocycles. The predicted molar refractivity (Wildman–Crippen MR) is 199 cm³/mol. The standard InChI is InChI=1S/C34H38ClN5O4S.H2O4S/c1-5-39(6-2)27-18-14-25(15-19-27)36-33(41)24-13-22-30(35)32(23-24)45(43,44)38-31-12-10-9-11-29(31)34(42)37-26-16-20-28(21-17-26)40(7-3)8-4;1-5(2,3)4/h9-23,38H,5-8H2,1-4H3,(H,36,41)(H,37,42);(H2,1,2,3,4). The SMILES string of the molecule is CCN(CC)c1ccc(NC(=O)c2ccc(Cl)c(S(=O)(=O)Nc3ccccc3C(=O)Nc3ccc(N(CC)CC)cc3)c2)cc1.O=S(=O)(O)O. The summed E-state index contributed by atoms with van der Waals surface area (Å²) in [5.74, 6) is -0.986. The Morgan fingerprint density at radius 2 is 1.10 bits per heavy atom. The van der Waals surface area contributed by atoms with Gasteiger partial charge in [-0.3, -0.25) is 23.4 Å². The highest BCUT2D eigenvalue weighted by Gasteiger charge is 2.23. The van der Waals surface area contributed by atoms with E-state index in [0.717, 1.165) is 37.6 Å². The van der Waals surface area contributed by atoms with Gasteiger partial charge in [-0.2, -0.15) is 8.42 Å². The zero-order valence-corrected chi connectivity index (χ0v) is 30.3. The average Bonchev–Trinajstić information content (AvgIpc) is 3.06. The summed E-state index contributed by atoms with van der Waals surface area (Å²) in [5.41, 5.74) is 3.49. The molecular weight excluding hydrogens is 706 g/mol. The van der Waals surface area contributed by atoms with Crippen LogP contribution in [0.4, 0.5) is 28.4 Å². The number of hydrogen-bond acceptors (Lipinski definition) is 8.